The number of fused-ring (bicyclic) bond motifs is 1. The molecule has 1 aliphatic rings. The number of hydrogen-bond acceptors (Lipinski definition) is 5. The second kappa shape index (κ2) is 7.53. The Morgan fingerprint density at radius 1 is 1.27 bits per heavy atom. The van der Waals surface area contributed by atoms with Crippen molar-refractivity contribution in [3.63, 3.8) is 0 Å². The maximum absolute atomic E-state index is 11.8. The first-order chi connectivity index (χ1) is 10.6. The molecule has 2 amide bonds. The van der Waals surface area contributed by atoms with Gasteiger partial charge in [-0.15, -0.1) is 0 Å². The van der Waals surface area contributed by atoms with Crippen molar-refractivity contribution in [2.45, 2.75) is 13.8 Å². The number of rotatable bonds is 5. The molecule has 1 aliphatic heterocycles. The fraction of sp³-hybridized carbons (Fsp3) is 0.467. The number of carbonyl (C=O) groups is 2. The Hall–Kier alpha value is -2.44. The van der Waals surface area contributed by atoms with Crippen LogP contribution >= 0.6 is 0 Å². The highest BCUT2D eigenvalue weighted by Gasteiger charge is 2.17. The normalized spacial score (nSPS) is 12.5. The molecule has 0 saturated heterocycles. The quantitative estimate of drug-likeness (QED) is 0.893. The minimum atomic E-state index is -0.492. The molecule has 0 saturated carbocycles. The Morgan fingerprint density at radius 2 is 2.00 bits per heavy atom. The van der Waals surface area contributed by atoms with Crippen LogP contribution in [0.25, 0.3) is 0 Å². The molecule has 1 aromatic rings. The van der Waals surface area contributed by atoms with Gasteiger partial charge in [0.15, 0.2) is 11.5 Å². The number of nitrogens with one attached hydrogen (secondary N) is 1. The average Bonchev–Trinajstić information content (AvgIpc) is 2.51. The molecule has 0 fully saturated rings. The summed E-state index contributed by atoms with van der Waals surface area (Å²) in [5.74, 6) is 1.17. The fourth-order valence-electron chi connectivity index (χ4n) is 2.12. The maximum Gasteiger partial charge on any atom is 0.407 e. The molecule has 1 heterocycles. The first-order valence-corrected chi connectivity index (χ1v) is 7.20. The smallest absolute Gasteiger partial charge is 0.407 e. The largest absolute Gasteiger partial charge is 0.486 e. The zero-order valence-electron chi connectivity index (χ0n) is 12.8. The SMILES string of the molecule is CCOC(=O)NCCN(C(C)=O)c1ccc2c(c1)OCCO2. The molecule has 1 N–H and O–H groups in total. The highest BCUT2D eigenvalue weighted by Crippen LogP contribution is 2.33. The van der Waals surface area contributed by atoms with Crippen molar-refractivity contribution in [3.05, 3.63) is 18.2 Å². The summed E-state index contributed by atoms with van der Waals surface area (Å²) < 4.78 is 15.7. The standard InChI is InChI=1S/C15H20N2O5/c1-3-20-15(19)16-6-7-17(11(2)18)12-4-5-13-14(10-12)22-9-8-21-13/h4-5,10H,3,6-9H2,1-2H3,(H,16,19). The van der Waals surface area contributed by atoms with Crippen LogP contribution in [0.15, 0.2) is 18.2 Å². The lowest BCUT2D eigenvalue weighted by atomic mass is 10.2. The van der Waals surface area contributed by atoms with Crippen LogP contribution in [-0.4, -0.2) is 44.9 Å². The van der Waals surface area contributed by atoms with Crippen molar-refractivity contribution in [1.29, 1.82) is 0 Å². The topological polar surface area (TPSA) is 77.1 Å². The lowest BCUT2D eigenvalue weighted by molar-refractivity contribution is -0.116. The first kappa shape index (κ1) is 15.9. The van der Waals surface area contributed by atoms with Gasteiger partial charge in [-0.05, 0) is 19.1 Å². The third-order valence-corrected chi connectivity index (χ3v) is 3.10. The molecule has 0 unspecified atom stereocenters. The average molecular weight is 308 g/mol. The van der Waals surface area contributed by atoms with E-state index in [1.165, 1.54) is 6.92 Å². The lowest BCUT2D eigenvalue weighted by Gasteiger charge is -2.24. The van der Waals surface area contributed by atoms with Gasteiger partial charge >= 0.3 is 6.09 Å². The van der Waals surface area contributed by atoms with E-state index in [2.05, 4.69) is 5.32 Å². The minimum Gasteiger partial charge on any atom is -0.486 e. The molecular weight excluding hydrogens is 288 g/mol. The van der Waals surface area contributed by atoms with Crippen LogP contribution in [-0.2, 0) is 9.53 Å². The molecule has 0 bridgehead atoms. The van der Waals surface area contributed by atoms with Gasteiger partial charge in [0.2, 0.25) is 5.91 Å². The number of carbonyl (C=O) groups excluding carboxylic acids is 2. The summed E-state index contributed by atoms with van der Waals surface area (Å²) in [6.45, 7) is 5.16. The van der Waals surface area contributed by atoms with E-state index in [0.29, 0.717) is 50.1 Å². The maximum atomic E-state index is 11.8. The molecule has 22 heavy (non-hydrogen) atoms. The molecule has 1 aromatic carbocycles. The van der Waals surface area contributed by atoms with Crippen molar-refractivity contribution in [2.24, 2.45) is 0 Å². The summed E-state index contributed by atoms with van der Waals surface area (Å²) >= 11 is 0. The van der Waals surface area contributed by atoms with Crippen LogP contribution in [0.1, 0.15) is 13.8 Å². The van der Waals surface area contributed by atoms with Gasteiger partial charge in [-0.25, -0.2) is 4.79 Å². The Labute approximate surface area is 129 Å². The Morgan fingerprint density at radius 3 is 2.68 bits per heavy atom. The van der Waals surface area contributed by atoms with Crippen LogP contribution in [0.3, 0.4) is 0 Å². The second-order valence-corrected chi connectivity index (χ2v) is 4.65. The first-order valence-electron chi connectivity index (χ1n) is 7.20. The molecule has 0 aliphatic carbocycles. The van der Waals surface area contributed by atoms with E-state index < -0.39 is 6.09 Å². The van der Waals surface area contributed by atoms with Crippen LogP contribution < -0.4 is 19.7 Å². The molecule has 2 rings (SSSR count). The third-order valence-electron chi connectivity index (χ3n) is 3.10. The molecule has 7 nitrogen and oxygen atoms in total. The number of alkyl carbamates (subject to hydrolysis) is 1. The molecule has 0 radical (unpaired) electrons. The predicted molar refractivity (Wildman–Crippen MR) is 80.5 cm³/mol. The van der Waals surface area contributed by atoms with Gasteiger partial charge < -0.3 is 24.4 Å². The summed E-state index contributed by atoms with van der Waals surface area (Å²) in [6, 6.07) is 5.33. The molecular formula is C15H20N2O5. The number of nitrogens with zero attached hydrogens (tertiary/aromatic N) is 1. The van der Waals surface area contributed by atoms with E-state index in [9.17, 15) is 9.59 Å². The van der Waals surface area contributed by atoms with E-state index in [1.54, 1.807) is 30.0 Å². The zero-order chi connectivity index (χ0) is 15.9. The van der Waals surface area contributed by atoms with Crippen LogP contribution in [0.5, 0.6) is 11.5 Å². The summed E-state index contributed by atoms with van der Waals surface area (Å²) in [5.41, 5.74) is 0.697. The zero-order valence-corrected chi connectivity index (χ0v) is 12.8. The van der Waals surface area contributed by atoms with E-state index in [1.807, 2.05) is 0 Å². The van der Waals surface area contributed by atoms with Gasteiger partial charge in [0, 0.05) is 31.8 Å². The third kappa shape index (κ3) is 4.03. The molecule has 0 aromatic heterocycles. The Balaban J connectivity index is 2.01. The number of anilines is 1. The molecule has 0 atom stereocenters. The number of ether oxygens (including phenoxy) is 3. The second-order valence-electron chi connectivity index (χ2n) is 4.65. The molecule has 0 spiro atoms. The lowest BCUT2D eigenvalue weighted by Crippen LogP contribution is -2.37. The molecule has 7 heteroatoms. The predicted octanol–water partition coefficient (Wildman–Crippen LogP) is 1.56. The summed E-state index contributed by atoms with van der Waals surface area (Å²) in [5, 5.41) is 2.59. The number of hydrogen-bond donors (Lipinski definition) is 1. The monoisotopic (exact) mass is 308 g/mol. The van der Waals surface area contributed by atoms with E-state index in [4.69, 9.17) is 14.2 Å². The van der Waals surface area contributed by atoms with Crippen LogP contribution in [0.2, 0.25) is 0 Å². The minimum absolute atomic E-state index is 0.123. The summed E-state index contributed by atoms with van der Waals surface area (Å²) in [7, 11) is 0. The van der Waals surface area contributed by atoms with Crippen LogP contribution in [0, 0.1) is 0 Å². The molecule has 120 valence electrons. The highest BCUT2D eigenvalue weighted by molar-refractivity contribution is 5.92. The Bertz CT molecular complexity index is 547. The van der Waals surface area contributed by atoms with Crippen molar-refractivity contribution >= 4 is 17.7 Å². The van der Waals surface area contributed by atoms with Gasteiger partial charge in [-0.2, -0.15) is 0 Å². The van der Waals surface area contributed by atoms with E-state index >= 15 is 0 Å². The Kier molecular flexibility index (Phi) is 5.46. The van der Waals surface area contributed by atoms with E-state index in [-0.39, 0.29) is 5.91 Å². The van der Waals surface area contributed by atoms with Gasteiger partial charge in [0.05, 0.1) is 6.61 Å². The van der Waals surface area contributed by atoms with Crippen molar-refractivity contribution in [3.8, 4) is 11.5 Å². The van der Waals surface area contributed by atoms with Crippen molar-refractivity contribution < 1.29 is 23.8 Å². The fourth-order valence-corrected chi connectivity index (χ4v) is 2.12. The van der Waals surface area contributed by atoms with Crippen LogP contribution in [0.4, 0.5) is 10.5 Å². The van der Waals surface area contributed by atoms with Gasteiger partial charge in [-0.1, -0.05) is 0 Å². The summed E-state index contributed by atoms with van der Waals surface area (Å²) in [4.78, 5) is 24.6. The van der Waals surface area contributed by atoms with E-state index in [0.717, 1.165) is 0 Å². The number of benzene rings is 1. The summed E-state index contributed by atoms with van der Waals surface area (Å²) in [6.07, 6.45) is -0.492. The number of amides is 2. The van der Waals surface area contributed by atoms with Gasteiger partial charge in [-0.3, -0.25) is 4.79 Å². The van der Waals surface area contributed by atoms with Crippen molar-refractivity contribution in [2.75, 3.05) is 37.8 Å². The highest BCUT2D eigenvalue weighted by atomic mass is 16.6. The van der Waals surface area contributed by atoms with Crippen molar-refractivity contribution in [1.82, 2.24) is 5.32 Å². The van der Waals surface area contributed by atoms with Gasteiger partial charge in [0.25, 0.3) is 0 Å². The van der Waals surface area contributed by atoms with Gasteiger partial charge in [0.1, 0.15) is 13.2 Å².